The number of hydrogen-bond acceptors (Lipinski definition) is 4. The first-order valence-corrected chi connectivity index (χ1v) is 7.24. The molecule has 0 spiro atoms. The van der Waals surface area contributed by atoms with E-state index in [1.54, 1.807) is 0 Å². The first-order chi connectivity index (χ1) is 9.77. The van der Waals surface area contributed by atoms with Gasteiger partial charge in [-0.2, -0.15) is 18.2 Å². The highest BCUT2D eigenvalue weighted by Crippen LogP contribution is 2.30. The summed E-state index contributed by atoms with van der Waals surface area (Å²) >= 11 is 0. The van der Waals surface area contributed by atoms with Crippen LogP contribution in [0.5, 0.6) is 0 Å². The number of alkyl halides is 3. The van der Waals surface area contributed by atoms with Gasteiger partial charge in [0.25, 0.3) is 0 Å². The molecular formula is C14H23F3N4. The van der Waals surface area contributed by atoms with E-state index in [-0.39, 0.29) is 17.8 Å². The Morgan fingerprint density at radius 1 is 1.19 bits per heavy atom. The van der Waals surface area contributed by atoms with Crippen molar-refractivity contribution in [1.82, 2.24) is 9.97 Å². The lowest BCUT2D eigenvalue weighted by molar-refractivity contribution is -0.141. The zero-order valence-corrected chi connectivity index (χ0v) is 12.9. The molecule has 0 saturated heterocycles. The molecule has 120 valence electrons. The number of nitrogens with zero attached hydrogens (tertiary/aromatic N) is 2. The highest BCUT2D eigenvalue weighted by molar-refractivity contribution is 5.43. The van der Waals surface area contributed by atoms with E-state index in [4.69, 9.17) is 0 Å². The van der Waals surface area contributed by atoms with Crippen molar-refractivity contribution in [1.29, 1.82) is 0 Å². The highest BCUT2D eigenvalue weighted by atomic mass is 19.4. The molecule has 7 heteroatoms. The summed E-state index contributed by atoms with van der Waals surface area (Å²) in [7, 11) is 0. The normalized spacial score (nSPS) is 14.6. The van der Waals surface area contributed by atoms with Crippen molar-refractivity contribution in [3.8, 4) is 0 Å². The topological polar surface area (TPSA) is 49.8 Å². The first-order valence-electron chi connectivity index (χ1n) is 7.24. The van der Waals surface area contributed by atoms with Gasteiger partial charge in [0.1, 0.15) is 5.82 Å². The molecule has 0 saturated carbocycles. The fraction of sp³-hybridized carbons (Fsp3) is 0.714. The smallest absolute Gasteiger partial charge is 0.367 e. The maximum Gasteiger partial charge on any atom is 0.433 e. The minimum Gasteiger partial charge on any atom is -0.367 e. The SMILES string of the molecule is CCCNc1nc(NC(C)C(C)CC)cc(C(F)(F)F)n1. The Kier molecular flexibility index (Phi) is 6.23. The lowest BCUT2D eigenvalue weighted by atomic mass is 10.0. The van der Waals surface area contributed by atoms with Gasteiger partial charge < -0.3 is 10.6 Å². The van der Waals surface area contributed by atoms with Crippen LogP contribution in [-0.2, 0) is 6.18 Å². The summed E-state index contributed by atoms with van der Waals surface area (Å²) < 4.78 is 38.7. The number of hydrogen-bond donors (Lipinski definition) is 2. The second-order valence-corrected chi connectivity index (χ2v) is 5.21. The highest BCUT2D eigenvalue weighted by Gasteiger charge is 2.34. The van der Waals surface area contributed by atoms with Gasteiger partial charge in [-0.15, -0.1) is 0 Å². The van der Waals surface area contributed by atoms with Crippen molar-refractivity contribution in [2.75, 3.05) is 17.2 Å². The monoisotopic (exact) mass is 304 g/mol. The number of halogens is 3. The summed E-state index contributed by atoms with van der Waals surface area (Å²) in [5.41, 5.74) is -0.935. The molecule has 1 rings (SSSR count). The van der Waals surface area contributed by atoms with Crippen LogP contribution >= 0.6 is 0 Å². The van der Waals surface area contributed by atoms with Crippen LogP contribution in [0.4, 0.5) is 24.9 Å². The number of rotatable bonds is 7. The minimum atomic E-state index is -4.48. The van der Waals surface area contributed by atoms with Crippen LogP contribution in [0.2, 0.25) is 0 Å². The Bertz CT molecular complexity index is 448. The van der Waals surface area contributed by atoms with Crippen molar-refractivity contribution in [2.45, 2.75) is 52.8 Å². The minimum absolute atomic E-state index is 0.00512. The van der Waals surface area contributed by atoms with E-state index < -0.39 is 11.9 Å². The number of aromatic nitrogens is 2. The molecule has 0 bridgehead atoms. The Morgan fingerprint density at radius 3 is 2.38 bits per heavy atom. The molecule has 1 aromatic rings. The molecule has 21 heavy (non-hydrogen) atoms. The van der Waals surface area contributed by atoms with Gasteiger partial charge in [-0.05, 0) is 19.3 Å². The van der Waals surface area contributed by atoms with E-state index in [2.05, 4.69) is 20.6 Å². The second-order valence-electron chi connectivity index (χ2n) is 5.21. The van der Waals surface area contributed by atoms with Gasteiger partial charge in [-0.3, -0.25) is 0 Å². The predicted molar refractivity (Wildman–Crippen MR) is 78.4 cm³/mol. The molecule has 0 aliphatic carbocycles. The summed E-state index contributed by atoms with van der Waals surface area (Å²) in [6.45, 7) is 8.47. The number of nitrogens with one attached hydrogen (secondary N) is 2. The van der Waals surface area contributed by atoms with Gasteiger partial charge in [-0.25, -0.2) is 4.98 Å². The van der Waals surface area contributed by atoms with E-state index in [1.165, 1.54) is 0 Å². The van der Waals surface area contributed by atoms with Gasteiger partial charge in [0, 0.05) is 18.7 Å². The molecule has 1 aromatic heterocycles. The third-order valence-corrected chi connectivity index (χ3v) is 3.42. The molecule has 0 amide bonds. The van der Waals surface area contributed by atoms with Crippen LogP contribution in [0, 0.1) is 5.92 Å². The summed E-state index contributed by atoms with van der Waals surface area (Å²) in [5.74, 6) is 0.538. The van der Waals surface area contributed by atoms with Crippen LogP contribution < -0.4 is 10.6 Å². The average molecular weight is 304 g/mol. The predicted octanol–water partition coefficient (Wildman–Crippen LogP) is 4.16. The van der Waals surface area contributed by atoms with E-state index in [0.717, 1.165) is 18.9 Å². The maximum absolute atomic E-state index is 12.9. The number of anilines is 2. The van der Waals surface area contributed by atoms with Crippen LogP contribution in [0.1, 0.15) is 46.2 Å². The second kappa shape index (κ2) is 7.47. The van der Waals surface area contributed by atoms with Crippen molar-refractivity contribution < 1.29 is 13.2 Å². The van der Waals surface area contributed by atoms with Gasteiger partial charge in [-0.1, -0.05) is 27.2 Å². The van der Waals surface area contributed by atoms with Crippen LogP contribution in [0.25, 0.3) is 0 Å². The molecule has 0 aromatic carbocycles. The van der Waals surface area contributed by atoms with Gasteiger partial charge in [0.15, 0.2) is 5.69 Å². The van der Waals surface area contributed by atoms with Crippen molar-refractivity contribution in [2.24, 2.45) is 5.92 Å². The third kappa shape index (κ3) is 5.40. The zero-order valence-electron chi connectivity index (χ0n) is 12.9. The van der Waals surface area contributed by atoms with Gasteiger partial charge in [0.05, 0.1) is 0 Å². The lowest BCUT2D eigenvalue weighted by Gasteiger charge is -2.21. The first kappa shape index (κ1) is 17.5. The summed E-state index contributed by atoms with van der Waals surface area (Å²) in [4.78, 5) is 7.64. The summed E-state index contributed by atoms with van der Waals surface area (Å²) in [6, 6.07) is 0.987. The van der Waals surface area contributed by atoms with Crippen molar-refractivity contribution in [3.05, 3.63) is 11.8 Å². The molecule has 2 N–H and O–H groups in total. The molecule has 0 aliphatic heterocycles. The van der Waals surface area contributed by atoms with Crippen LogP contribution in [0.15, 0.2) is 6.07 Å². The maximum atomic E-state index is 12.9. The van der Waals surface area contributed by atoms with Crippen molar-refractivity contribution >= 4 is 11.8 Å². The molecule has 0 fully saturated rings. The Hall–Kier alpha value is -1.53. The lowest BCUT2D eigenvalue weighted by Crippen LogP contribution is -2.24. The van der Waals surface area contributed by atoms with Crippen molar-refractivity contribution in [3.63, 3.8) is 0 Å². The van der Waals surface area contributed by atoms with Gasteiger partial charge in [0.2, 0.25) is 5.95 Å². The standard InChI is InChI=1S/C14H23F3N4/c1-5-7-18-13-20-11(14(15,16)17)8-12(21-13)19-10(4)9(3)6-2/h8-10H,5-7H2,1-4H3,(H2,18,19,20,21). The average Bonchev–Trinajstić information content (AvgIpc) is 2.42. The van der Waals surface area contributed by atoms with Crippen LogP contribution in [-0.4, -0.2) is 22.6 Å². The van der Waals surface area contributed by atoms with E-state index >= 15 is 0 Å². The molecule has 4 nitrogen and oxygen atoms in total. The molecule has 2 atom stereocenters. The molecule has 1 heterocycles. The van der Waals surface area contributed by atoms with E-state index in [1.807, 2.05) is 27.7 Å². The largest absolute Gasteiger partial charge is 0.433 e. The fourth-order valence-corrected chi connectivity index (χ4v) is 1.71. The molecule has 0 aliphatic rings. The quantitative estimate of drug-likeness (QED) is 0.794. The Labute approximate surface area is 123 Å². The molecule has 2 unspecified atom stereocenters. The summed E-state index contributed by atoms with van der Waals surface area (Å²) in [6.07, 6.45) is -2.76. The van der Waals surface area contributed by atoms with E-state index in [9.17, 15) is 13.2 Å². The Morgan fingerprint density at radius 2 is 1.86 bits per heavy atom. The fourth-order valence-electron chi connectivity index (χ4n) is 1.71. The van der Waals surface area contributed by atoms with E-state index in [0.29, 0.717) is 12.5 Å². The van der Waals surface area contributed by atoms with Crippen LogP contribution in [0.3, 0.4) is 0 Å². The Balaban J connectivity index is 3.01. The molecule has 0 radical (unpaired) electrons. The van der Waals surface area contributed by atoms with Gasteiger partial charge >= 0.3 is 6.18 Å². The summed E-state index contributed by atoms with van der Waals surface area (Å²) in [5, 5.41) is 5.83. The zero-order chi connectivity index (χ0) is 16.0. The molecular weight excluding hydrogens is 281 g/mol. The third-order valence-electron chi connectivity index (χ3n) is 3.42.